The lowest BCUT2D eigenvalue weighted by atomic mass is 10.2. The van der Waals surface area contributed by atoms with Gasteiger partial charge in [0.25, 0.3) is 0 Å². The molecule has 1 aromatic heterocycles. The summed E-state index contributed by atoms with van der Waals surface area (Å²) in [6, 6.07) is 6.66. The van der Waals surface area contributed by atoms with E-state index in [0.29, 0.717) is 10.8 Å². The van der Waals surface area contributed by atoms with Crippen LogP contribution < -0.4 is 10.1 Å². The number of halogens is 3. The number of benzene rings is 1. The van der Waals surface area contributed by atoms with Crippen molar-refractivity contribution in [3.8, 4) is 5.75 Å². The molecule has 7 heteroatoms. The largest absolute Gasteiger partial charge is 0.491 e. The molecule has 0 radical (unpaired) electrons. The van der Waals surface area contributed by atoms with Crippen LogP contribution in [0, 0.1) is 11.6 Å². The molecule has 0 spiro atoms. The van der Waals surface area contributed by atoms with Crippen molar-refractivity contribution >= 4 is 28.8 Å². The second kappa shape index (κ2) is 8.26. The lowest BCUT2D eigenvalue weighted by Crippen LogP contribution is -2.26. The second-order valence-electron chi connectivity index (χ2n) is 4.96. The maximum absolute atomic E-state index is 13.3. The number of carbonyl (C=O) groups is 1. The van der Waals surface area contributed by atoms with Crippen molar-refractivity contribution in [3.05, 3.63) is 51.2 Å². The van der Waals surface area contributed by atoms with E-state index in [-0.39, 0.29) is 30.7 Å². The fourth-order valence-corrected chi connectivity index (χ4v) is 3.02. The molecule has 3 nitrogen and oxygen atoms in total. The van der Waals surface area contributed by atoms with Crippen molar-refractivity contribution in [3.63, 3.8) is 0 Å². The van der Waals surface area contributed by atoms with Crippen LogP contribution in [0.3, 0.4) is 0 Å². The quantitative estimate of drug-likeness (QED) is 0.727. The Morgan fingerprint density at radius 1 is 1.35 bits per heavy atom. The normalized spacial score (nSPS) is 12.0. The standard InChI is InChI=1S/C16H16ClF2NO2S/c1-10(14-6-7-15(17)23-14)20-16(21)3-2-8-22-13-5-4-11(18)9-12(13)19/h4-7,9-10H,2-3,8H2,1H3,(H,20,21). The number of carbonyl (C=O) groups excluding carboxylic acids is 1. The smallest absolute Gasteiger partial charge is 0.220 e. The molecule has 0 aliphatic rings. The minimum atomic E-state index is -0.752. The third-order valence-corrected chi connectivity index (χ3v) is 4.51. The van der Waals surface area contributed by atoms with Crippen molar-refractivity contribution < 1.29 is 18.3 Å². The van der Waals surface area contributed by atoms with Gasteiger partial charge < -0.3 is 10.1 Å². The summed E-state index contributed by atoms with van der Waals surface area (Å²) in [7, 11) is 0. The average Bonchev–Trinajstić information content (AvgIpc) is 2.92. The Morgan fingerprint density at radius 2 is 2.13 bits per heavy atom. The van der Waals surface area contributed by atoms with E-state index in [1.54, 1.807) is 6.07 Å². The van der Waals surface area contributed by atoms with E-state index < -0.39 is 11.6 Å². The van der Waals surface area contributed by atoms with Crippen LogP contribution in [0.15, 0.2) is 30.3 Å². The van der Waals surface area contributed by atoms with Crippen LogP contribution in [0.2, 0.25) is 4.34 Å². The average molecular weight is 360 g/mol. The first-order chi connectivity index (χ1) is 11.0. The van der Waals surface area contributed by atoms with E-state index in [4.69, 9.17) is 16.3 Å². The van der Waals surface area contributed by atoms with Gasteiger partial charge in [0.15, 0.2) is 11.6 Å². The summed E-state index contributed by atoms with van der Waals surface area (Å²) in [5.41, 5.74) is 0. The van der Waals surface area contributed by atoms with Crippen molar-refractivity contribution in [1.82, 2.24) is 5.32 Å². The van der Waals surface area contributed by atoms with Crippen molar-refractivity contribution in [1.29, 1.82) is 0 Å². The lowest BCUT2D eigenvalue weighted by Gasteiger charge is -2.12. The van der Waals surface area contributed by atoms with Crippen LogP contribution in [0.4, 0.5) is 8.78 Å². The van der Waals surface area contributed by atoms with Gasteiger partial charge in [0.05, 0.1) is 17.0 Å². The summed E-state index contributed by atoms with van der Waals surface area (Å²) in [5.74, 6) is -1.55. The summed E-state index contributed by atoms with van der Waals surface area (Å²) in [5, 5.41) is 2.86. The number of ether oxygens (including phenoxy) is 1. The van der Waals surface area contributed by atoms with E-state index in [1.165, 1.54) is 17.4 Å². The van der Waals surface area contributed by atoms with Crippen molar-refractivity contribution in [2.45, 2.75) is 25.8 Å². The molecule has 1 unspecified atom stereocenters. The third-order valence-electron chi connectivity index (χ3n) is 3.10. The van der Waals surface area contributed by atoms with E-state index in [0.717, 1.165) is 17.0 Å². The summed E-state index contributed by atoms with van der Waals surface area (Å²) in [6.45, 7) is 2.06. The third kappa shape index (κ3) is 5.48. The number of nitrogens with one attached hydrogen (secondary N) is 1. The summed E-state index contributed by atoms with van der Waals surface area (Å²) < 4.78 is 32.0. The highest BCUT2D eigenvalue weighted by atomic mass is 35.5. The Bertz CT molecular complexity index is 678. The molecule has 0 aliphatic carbocycles. The predicted octanol–water partition coefficient (Wildman–Crippen LogP) is 4.72. The first kappa shape index (κ1) is 17.7. The predicted molar refractivity (Wildman–Crippen MR) is 87.0 cm³/mol. The maximum Gasteiger partial charge on any atom is 0.220 e. The fourth-order valence-electron chi connectivity index (χ4n) is 1.95. The first-order valence-electron chi connectivity index (χ1n) is 7.08. The van der Waals surface area contributed by atoms with Crippen LogP contribution in [0.5, 0.6) is 5.75 Å². The van der Waals surface area contributed by atoms with Gasteiger partial charge in [-0.05, 0) is 37.6 Å². The molecular formula is C16H16ClF2NO2S. The molecule has 0 saturated heterocycles. The number of hydrogen-bond donors (Lipinski definition) is 1. The van der Waals surface area contributed by atoms with Crippen LogP contribution in [-0.2, 0) is 4.79 Å². The van der Waals surface area contributed by atoms with Gasteiger partial charge in [-0.25, -0.2) is 8.78 Å². The highest BCUT2D eigenvalue weighted by Gasteiger charge is 2.11. The number of rotatable bonds is 7. The zero-order valence-corrected chi connectivity index (χ0v) is 14.0. The molecule has 1 atom stereocenters. The molecule has 1 N–H and O–H groups in total. The Morgan fingerprint density at radius 3 is 2.78 bits per heavy atom. The van der Waals surface area contributed by atoms with E-state index >= 15 is 0 Å². The maximum atomic E-state index is 13.3. The highest BCUT2D eigenvalue weighted by Crippen LogP contribution is 2.26. The van der Waals surface area contributed by atoms with Gasteiger partial charge in [-0.3, -0.25) is 4.79 Å². The number of thiophene rings is 1. The lowest BCUT2D eigenvalue weighted by molar-refractivity contribution is -0.121. The summed E-state index contributed by atoms with van der Waals surface area (Å²) in [4.78, 5) is 12.8. The van der Waals surface area contributed by atoms with Gasteiger partial charge in [-0.15, -0.1) is 11.3 Å². The zero-order chi connectivity index (χ0) is 16.8. The Balaban J connectivity index is 1.70. The molecule has 2 rings (SSSR count). The van der Waals surface area contributed by atoms with E-state index in [1.807, 2.05) is 13.0 Å². The summed E-state index contributed by atoms with van der Waals surface area (Å²) >= 11 is 7.28. The topological polar surface area (TPSA) is 38.3 Å². The molecule has 0 saturated carbocycles. The molecule has 124 valence electrons. The molecule has 0 fully saturated rings. The molecule has 23 heavy (non-hydrogen) atoms. The van der Waals surface area contributed by atoms with Crippen LogP contribution >= 0.6 is 22.9 Å². The Kier molecular flexibility index (Phi) is 6.36. The van der Waals surface area contributed by atoms with Gasteiger partial charge in [0, 0.05) is 17.4 Å². The SMILES string of the molecule is CC(NC(=O)CCCOc1ccc(F)cc1F)c1ccc(Cl)s1. The summed E-state index contributed by atoms with van der Waals surface area (Å²) in [6.07, 6.45) is 0.687. The minimum Gasteiger partial charge on any atom is -0.491 e. The van der Waals surface area contributed by atoms with E-state index in [9.17, 15) is 13.6 Å². The molecular weight excluding hydrogens is 344 g/mol. The molecule has 2 aromatic rings. The second-order valence-corrected chi connectivity index (χ2v) is 6.70. The van der Waals surface area contributed by atoms with Gasteiger partial charge in [-0.2, -0.15) is 0 Å². The monoisotopic (exact) mass is 359 g/mol. The van der Waals surface area contributed by atoms with Gasteiger partial charge in [0.2, 0.25) is 5.91 Å². The molecule has 0 bridgehead atoms. The first-order valence-corrected chi connectivity index (χ1v) is 8.27. The van der Waals surface area contributed by atoms with Gasteiger partial charge in [0.1, 0.15) is 5.82 Å². The Hall–Kier alpha value is -1.66. The Labute approximate surface area is 142 Å². The molecule has 1 aromatic carbocycles. The minimum absolute atomic E-state index is 0.0200. The number of amides is 1. The number of hydrogen-bond acceptors (Lipinski definition) is 3. The molecule has 1 amide bonds. The van der Waals surface area contributed by atoms with Crippen molar-refractivity contribution in [2.24, 2.45) is 0 Å². The fraction of sp³-hybridized carbons (Fsp3) is 0.312. The molecule has 1 heterocycles. The van der Waals surface area contributed by atoms with Crippen LogP contribution in [-0.4, -0.2) is 12.5 Å². The van der Waals surface area contributed by atoms with E-state index in [2.05, 4.69) is 5.32 Å². The zero-order valence-electron chi connectivity index (χ0n) is 12.4. The van der Waals surface area contributed by atoms with Gasteiger partial charge >= 0.3 is 0 Å². The highest BCUT2D eigenvalue weighted by molar-refractivity contribution is 7.16. The molecule has 0 aliphatic heterocycles. The van der Waals surface area contributed by atoms with Crippen LogP contribution in [0.25, 0.3) is 0 Å². The van der Waals surface area contributed by atoms with Crippen molar-refractivity contribution in [2.75, 3.05) is 6.61 Å². The van der Waals surface area contributed by atoms with Crippen LogP contribution in [0.1, 0.15) is 30.7 Å². The van der Waals surface area contributed by atoms with Gasteiger partial charge in [-0.1, -0.05) is 11.6 Å².